The Morgan fingerprint density at radius 1 is 1.11 bits per heavy atom. The first-order valence-electron chi connectivity index (χ1n) is 10.6. The number of amides is 2. The van der Waals surface area contributed by atoms with E-state index in [1.165, 1.54) is 32.1 Å². The van der Waals surface area contributed by atoms with Gasteiger partial charge in [0.05, 0.1) is 26.4 Å². The van der Waals surface area contributed by atoms with Crippen LogP contribution in [0.1, 0.15) is 63.0 Å². The highest BCUT2D eigenvalue weighted by Crippen LogP contribution is 2.38. The molecule has 1 aromatic carbocycles. The molecule has 1 saturated heterocycles. The van der Waals surface area contributed by atoms with E-state index in [0.717, 1.165) is 49.5 Å². The highest BCUT2D eigenvalue weighted by atomic mass is 16.5. The Labute approximate surface area is 168 Å². The summed E-state index contributed by atoms with van der Waals surface area (Å²) in [5.74, 6) is 1.58. The summed E-state index contributed by atoms with van der Waals surface area (Å²) in [6.07, 6.45) is 9.47. The van der Waals surface area contributed by atoms with Gasteiger partial charge in [-0.1, -0.05) is 19.3 Å². The molecule has 0 bridgehead atoms. The molecule has 6 heteroatoms. The molecule has 0 radical (unpaired) electrons. The van der Waals surface area contributed by atoms with Crippen LogP contribution in [0.3, 0.4) is 0 Å². The minimum atomic E-state index is -0.00922. The lowest BCUT2D eigenvalue weighted by molar-refractivity contribution is 0.0274. The van der Waals surface area contributed by atoms with E-state index >= 15 is 0 Å². The van der Waals surface area contributed by atoms with E-state index in [4.69, 9.17) is 14.2 Å². The van der Waals surface area contributed by atoms with E-state index in [1.807, 2.05) is 23.1 Å². The van der Waals surface area contributed by atoms with Gasteiger partial charge in [0.1, 0.15) is 11.5 Å². The SMILES string of the molecule is COc1ccc(OC)c(C2CCCN2C(=O)NCCCOC2CCCCC2)c1. The molecule has 1 aliphatic heterocycles. The van der Waals surface area contributed by atoms with E-state index in [0.29, 0.717) is 12.6 Å². The third kappa shape index (κ3) is 5.31. The second kappa shape index (κ2) is 10.6. The standard InChI is InChI=1S/C22H34N2O4/c1-26-18-11-12-21(27-2)19(16-18)20-10-6-14-24(20)22(25)23-13-7-15-28-17-8-4-3-5-9-17/h11-12,16-17,20H,3-10,13-15H2,1-2H3,(H,23,25). The first-order valence-corrected chi connectivity index (χ1v) is 10.6. The number of nitrogens with one attached hydrogen (secondary N) is 1. The van der Waals surface area contributed by atoms with E-state index in [1.54, 1.807) is 14.2 Å². The molecule has 1 aromatic rings. The Bertz CT molecular complexity index is 631. The summed E-state index contributed by atoms with van der Waals surface area (Å²) in [7, 11) is 3.32. The number of benzene rings is 1. The van der Waals surface area contributed by atoms with Gasteiger partial charge in [0, 0.05) is 25.3 Å². The van der Waals surface area contributed by atoms with Gasteiger partial charge in [-0.05, 0) is 50.3 Å². The van der Waals surface area contributed by atoms with Crippen LogP contribution in [0, 0.1) is 0 Å². The predicted molar refractivity (Wildman–Crippen MR) is 109 cm³/mol. The van der Waals surface area contributed by atoms with Crippen molar-refractivity contribution < 1.29 is 19.0 Å². The Morgan fingerprint density at radius 2 is 1.93 bits per heavy atom. The molecule has 1 N–H and O–H groups in total. The van der Waals surface area contributed by atoms with Crippen LogP contribution in [0.4, 0.5) is 4.79 Å². The molecule has 6 nitrogen and oxygen atoms in total. The zero-order chi connectivity index (χ0) is 19.8. The molecule has 0 aromatic heterocycles. The maximum atomic E-state index is 12.7. The Morgan fingerprint density at radius 3 is 2.68 bits per heavy atom. The number of hydrogen-bond donors (Lipinski definition) is 1. The van der Waals surface area contributed by atoms with Crippen LogP contribution in [0.15, 0.2) is 18.2 Å². The van der Waals surface area contributed by atoms with Crippen LogP contribution in [-0.2, 0) is 4.74 Å². The summed E-state index contributed by atoms with van der Waals surface area (Å²) in [6, 6.07) is 5.78. The van der Waals surface area contributed by atoms with E-state index in [-0.39, 0.29) is 12.1 Å². The van der Waals surface area contributed by atoms with Gasteiger partial charge in [-0.25, -0.2) is 4.79 Å². The van der Waals surface area contributed by atoms with Gasteiger partial charge in [-0.2, -0.15) is 0 Å². The summed E-state index contributed by atoms with van der Waals surface area (Å²) >= 11 is 0. The van der Waals surface area contributed by atoms with Gasteiger partial charge in [-0.15, -0.1) is 0 Å². The zero-order valence-corrected chi connectivity index (χ0v) is 17.2. The normalized spacial score (nSPS) is 20.2. The van der Waals surface area contributed by atoms with Gasteiger partial charge in [-0.3, -0.25) is 0 Å². The van der Waals surface area contributed by atoms with E-state index in [9.17, 15) is 4.79 Å². The fourth-order valence-electron chi connectivity index (χ4n) is 4.28. The average Bonchev–Trinajstić information content (AvgIpc) is 3.23. The van der Waals surface area contributed by atoms with Crippen molar-refractivity contribution >= 4 is 6.03 Å². The lowest BCUT2D eigenvalue weighted by atomic mass is 9.98. The fourth-order valence-corrected chi connectivity index (χ4v) is 4.28. The van der Waals surface area contributed by atoms with Crippen molar-refractivity contribution in [3.8, 4) is 11.5 Å². The molecule has 0 spiro atoms. The monoisotopic (exact) mass is 390 g/mol. The first kappa shape index (κ1) is 20.8. The summed E-state index contributed by atoms with van der Waals surface area (Å²) in [5.41, 5.74) is 1.01. The Balaban J connectivity index is 1.49. The van der Waals surface area contributed by atoms with Crippen molar-refractivity contribution in [2.75, 3.05) is 33.9 Å². The van der Waals surface area contributed by atoms with E-state index < -0.39 is 0 Å². The third-order valence-electron chi connectivity index (χ3n) is 5.81. The quantitative estimate of drug-likeness (QED) is 0.673. The van der Waals surface area contributed by atoms with E-state index in [2.05, 4.69) is 5.32 Å². The number of likely N-dealkylation sites (tertiary alicyclic amines) is 1. The van der Waals surface area contributed by atoms with Crippen LogP contribution in [0.2, 0.25) is 0 Å². The van der Waals surface area contributed by atoms with Gasteiger partial charge >= 0.3 is 6.03 Å². The number of nitrogens with zero attached hydrogens (tertiary/aromatic N) is 1. The molecule has 1 aliphatic carbocycles. The number of carbonyl (C=O) groups is 1. The topological polar surface area (TPSA) is 60.0 Å². The van der Waals surface area contributed by atoms with Gasteiger partial charge in [0.25, 0.3) is 0 Å². The van der Waals surface area contributed by atoms with Crippen molar-refractivity contribution in [1.29, 1.82) is 0 Å². The highest BCUT2D eigenvalue weighted by molar-refractivity contribution is 5.75. The van der Waals surface area contributed by atoms with Crippen LogP contribution in [-0.4, -0.2) is 51.0 Å². The number of hydrogen-bond acceptors (Lipinski definition) is 4. The number of urea groups is 1. The Hall–Kier alpha value is -1.95. The minimum absolute atomic E-state index is 0.00922. The molecule has 1 atom stereocenters. The number of carbonyl (C=O) groups excluding carboxylic acids is 1. The molecule has 1 heterocycles. The number of methoxy groups -OCH3 is 2. The molecule has 2 amide bonds. The van der Waals surface area contributed by atoms with Gasteiger partial charge < -0.3 is 24.4 Å². The van der Waals surface area contributed by atoms with Crippen molar-refractivity contribution in [2.24, 2.45) is 0 Å². The summed E-state index contributed by atoms with van der Waals surface area (Å²) in [5, 5.41) is 3.06. The molecule has 2 fully saturated rings. The molecule has 28 heavy (non-hydrogen) atoms. The molecular formula is C22H34N2O4. The smallest absolute Gasteiger partial charge is 0.317 e. The molecule has 3 rings (SSSR count). The van der Waals surface area contributed by atoms with Crippen molar-refractivity contribution in [2.45, 2.75) is 63.5 Å². The van der Waals surface area contributed by atoms with Crippen molar-refractivity contribution in [1.82, 2.24) is 10.2 Å². The molecule has 156 valence electrons. The van der Waals surface area contributed by atoms with Crippen molar-refractivity contribution in [3.05, 3.63) is 23.8 Å². The minimum Gasteiger partial charge on any atom is -0.497 e. The van der Waals surface area contributed by atoms with Gasteiger partial charge in [0.2, 0.25) is 0 Å². The van der Waals surface area contributed by atoms with Crippen LogP contribution < -0.4 is 14.8 Å². The largest absolute Gasteiger partial charge is 0.497 e. The molecule has 2 aliphatic rings. The third-order valence-corrected chi connectivity index (χ3v) is 5.81. The van der Waals surface area contributed by atoms with Crippen LogP contribution in [0.5, 0.6) is 11.5 Å². The fraction of sp³-hybridized carbons (Fsp3) is 0.682. The number of rotatable bonds is 8. The first-order chi connectivity index (χ1) is 13.7. The maximum Gasteiger partial charge on any atom is 0.317 e. The predicted octanol–water partition coefficient (Wildman–Crippen LogP) is 4.29. The average molecular weight is 391 g/mol. The summed E-state index contributed by atoms with van der Waals surface area (Å²) < 4.78 is 16.8. The Kier molecular flexibility index (Phi) is 7.83. The van der Waals surface area contributed by atoms with Crippen molar-refractivity contribution in [3.63, 3.8) is 0 Å². The maximum absolute atomic E-state index is 12.7. The molecular weight excluding hydrogens is 356 g/mol. The lowest BCUT2D eigenvalue weighted by Gasteiger charge is -2.27. The summed E-state index contributed by atoms with van der Waals surface area (Å²) in [4.78, 5) is 14.7. The second-order valence-corrected chi connectivity index (χ2v) is 7.68. The lowest BCUT2D eigenvalue weighted by Crippen LogP contribution is -2.40. The highest BCUT2D eigenvalue weighted by Gasteiger charge is 2.32. The zero-order valence-electron chi connectivity index (χ0n) is 17.2. The van der Waals surface area contributed by atoms with Crippen LogP contribution >= 0.6 is 0 Å². The second-order valence-electron chi connectivity index (χ2n) is 7.68. The van der Waals surface area contributed by atoms with Crippen LogP contribution in [0.25, 0.3) is 0 Å². The number of ether oxygens (including phenoxy) is 3. The molecule has 1 saturated carbocycles. The van der Waals surface area contributed by atoms with Gasteiger partial charge in [0.15, 0.2) is 0 Å². The molecule has 1 unspecified atom stereocenters. The summed E-state index contributed by atoms with van der Waals surface area (Å²) in [6.45, 7) is 2.12.